The van der Waals surface area contributed by atoms with E-state index in [0.29, 0.717) is 11.5 Å². The second kappa shape index (κ2) is 5.09. The first-order chi connectivity index (χ1) is 8.83. The predicted octanol–water partition coefficient (Wildman–Crippen LogP) is 1.78. The standard InChI is InChI=1S/C13H16BrN3OS/c1-13(12(16)18)4-5-17(7-13)10-3-2-8(11(15)19)6-9(10)14/h2-3,6H,4-5,7H2,1H3,(H2,15,19)(H2,16,18). The maximum Gasteiger partial charge on any atom is 0.225 e. The van der Waals surface area contributed by atoms with Crippen LogP contribution >= 0.6 is 28.1 Å². The number of benzene rings is 1. The number of carbonyl (C=O) groups excluding carboxylic acids is 1. The summed E-state index contributed by atoms with van der Waals surface area (Å²) < 4.78 is 0.923. The van der Waals surface area contributed by atoms with E-state index in [-0.39, 0.29) is 5.91 Å². The molecule has 19 heavy (non-hydrogen) atoms. The summed E-state index contributed by atoms with van der Waals surface area (Å²) in [6.45, 7) is 3.35. The highest BCUT2D eigenvalue weighted by Crippen LogP contribution is 2.36. The molecule has 2 rings (SSSR count). The van der Waals surface area contributed by atoms with E-state index in [0.717, 1.165) is 28.7 Å². The molecule has 0 spiro atoms. The predicted molar refractivity (Wildman–Crippen MR) is 84.2 cm³/mol. The zero-order valence-corrected chi connectivity index (χ0v) is 13.1. The lowest BCUT2D eigenvalue weighted by atomic mass is 9.89. The second-order valence-electron chi connectivity index (χ2n) is 5.13. The Morgan fingerprint density at radius 1 is 1.47 bits per heavy atom. The number of primary amides is 1. The van der Waals surface area contributed by atoms with Gasteiger partial charge in [-0.25, -0.2) is 0 Å². The first-order valence-corrected chi connectivity index (χ1v) is 7.18. The average Bonchev–Trinajstić information content (AvgIpc) is 2.73. The Morgan fingerprint density at radius 3 is 2.63 bits per heavy atom. The summed E-state index contributed by atoms with van der Waals surface area (Å²) in [4.78, 5) is 14.0. The summed E-state index contributed by atoms with van der Waals surface area (Å²) in [5.74, 6) is -0.245. The third-order valence-corrected chi connectivity index (χ3v) is 4.51. The van der Waals surface area contributed by atoms with Gasteiger partial charge in [-0.05, 0) is 47.5 Å². The van der Waals surface area contributed by atoms with Gasteiger partial charge in [0.05, 0.1) is 11.1 Å². The summed E-state index contributed by atoms with van der Waals surface area (Å²) in [7, 11) is 0. The van der Waals surface area contributed by atoms with Gasteiger partial charge in [0.15, 0.2) is 0 Å². The summed E-state index contributed by atoms with van der Waals surface area (Å²) in [5, 5.41) is 0. The van der Waals surface area contributed by atoms with Crippen molar-refractivity contribution in [2.45, 2.75) is 13.3 Å². The molecular formula is C13H16BrN3OS. The van der Waals surface area contributed by atoms with Crippen molar-refractivity contribution in [3.63, 3.8) is 0 Å². The van der Waals surface area contributed by atoms with Gasteiger partial charge < -0.3 is 16.4 Å². The normalized spacial score (nSPS) is 22.5. The Kier molecular flexibility index (Phi) is 3.82. The van der Waals surface area contributed by atoms with Gasteiger partial charge in [0.1, 0.15) is 4.99 Å². The topological polar surface area (TPSA) is 72.4 Å². The Balaban J connectivity index is 2.25. The Hall–Kier alpha value is -1.14. The molecule has 102 valence electrons. The van der Waals surface area contributed by atoms with Gasteiger partial charge in [-0.15, -0.1) is 0 Å². The first-order valence-electron chi connectivity index (χ1n) is 5.98. The molecule has 1 saturated heterocycles. The number of rotatable bonds is 3. The van der Waals surface area contributed by atoms with Crippen LogP contribution in [0.2, 0.25) is 0 Å². The smallest absolute Gasteiger partial charge is 0.225 e. The van der Waals surface area contributed by atoms with Crippen LogP contribution in [0, 0.1) is 5.41 Å². The Morgan fingerprint density at radius 2 is 2.16 bits per heavy atom. The van der Waals surface area contributed by atoms with Crippen LogP contribution in [-0.4, -0.2) is 24.0 Å². The second-order valence-corrected chi connectivity index (χ2v) is 6.42. The minimum Gasteiger partial charge on any atom is -0.389 e. The van der Waals surface area contributed by atoms with Gasteiger partial charge in [0.25, 0.3) is 0 Å². The van der Waals surface area contributed by atoms with Crippen LogP contribution in [0.25, 0.3) is 0 Å². The molecule has 0 aromatic heterocycles. The van der Waals surface area contributed by atoms with E-state index in [1.54, 1.807) is 0 Å². The maximum atomic E-state index is 11.5. The SMILES string of the molecule is CC1(C(N)=O)CCN(c2ccc(C(N)=S)cc2Br)C1. The highest BCUT2D eigenvalue weighted by molar-refractivity contribution is 9.10. The third-order valence-electron chi connectivity index (χ3n) is 3.64. The van der Waals surface area contributed by atoms with Crippen molar-refractivity contribution in [2.75, 3.05) is 18.0 Å². The lowest BCUT2D eigenvalue weighted by Crippen LogP contribution is -2.37. The van der Waals surface area contributed by atoms with Crippen LogP contribution in [0.15, 0.2) is 22.7 Å². The number of thiocarbonyl (C=S) groups is 1. The Labute approximate surface area is 126 Å². The van der Waals surface area contributed by atoms with Gasteiger partial charge in [-0.3, -0.25) is 4.79 Å². The van der Waals surface area contributed by atoms with Crippen molar-refractivity contribution in [3.8, 4) is 0 Å². The highest BCUT2D eigenvalue weighted by atomic mass is 79.9. The molecule has 4 nitrogen and oxygen atoms in total. The van der Waals surface area contributed by atoms with Crippen molar-refractivity contribution >= 4 is 44.7 Å². The molecule has 1 aromatic rings. The van der Waals surface area contributed by atoms with E-state index in [9.17, 15) is 4.79 Å². The van der Waals surface area contributed by atoms with Crippen LogP contribution < -0.4 is 16.4 Å². The summed E-state index contributed by atoms with van der Waals surface area (Å²) >= 11 is 8.48. The van der Waals surface area contributed by atoms with Gasteiger partial charge in [-0.2, -0.15) is 0 Å². The summed E-state index contributed by atoms with van der Waals surface area (Å²) in [5.41, 5.74) is 12.5. The van der Waals surface area contributed by atoms with Crippen LogP contribution in [0.1, 0.15) is 18.9 Å². The molecular weight excluding hydrogens is 326 g/mol. The van der Waals surface area contributed by atoms with Gasteiger partial charge in [-0.1, -0.05) is 12.2 Å². The molecule has 1 aliphatic rings. The van der Waals surface area contributed by atoms with E-state index in [1.165, 1.54) is 0 Å². The highest BCUT2D eigenvalue weighted by Gasteiger charge is 2.39. The van der Waals surface area contributed by atoms with Crippen molar-refractivity contribution in [1.82, 2.24) is 0 Å². The summed E-state index contributed by atoms with van der Waals surface area (Å²) in [6, 6.07) is 5.76. The van der Waals surface area contributed by atoms with E-state index >= 15 is 0 Å². The van der Waals surface area contributed by atoms with Gasteiger partial charge in [0.2, 0.25) is 5.91 Å². The molecule has 4 N–H and O–H groups in total. The monoisotopic (exact) mass is 341 g/mol. The van der Waals surface area contributed by atoms with Crippen molar-refractivity contribution in [3.05, 3.63) is 28.2 Å². The van der Waals surface area contributed by atoms with E-state index in [4.69, 9.17) is 23.7 Å². The molecule has 0 saturated carbocycles. The number of halogens is 1. The van der Waals surface area contributed by atoms with E-state index in [1.807, 2.05) is 25.1 Å². The van der Waals surface area contributed by atoms with Crippen molar-refractivity contribution in [1.29, 1.82) is 0 Å². The molecule has 0 aliphatic carbocycles. The van der Waals surface area contributed by atoms with Gasteiger partial charge >= 0.3 is 0 Å². The number of nitrogens with zero attached hydrogens (tertiary/aromatic N) is 1. The van der Waals surface area contributed by atoms with Crippen LogP contribution in [-0.2, 0) is 4.79 Å². The fourth-order valence-electron chi connectivity index (χ4n) is 2.28. The van der Waals surface area contributed by atoms with Crippen molar-refractivity contribution < 1.29 is 4.79 Å². The van der Waals surface area contributed by atoms with Crippen molar-refractivity contribution in [2.24, 2.45) is 16.9 Å². The fourth-order valence-corrected chi connectivity index (χ4v) is 3.04. The third kappa shape index (κ3) is 2.74. The molecule has 1 unspecified atom stereocenters. The first kappa shape index (κ1) is 14.3. The van der Waals surface area contributed by atoms with Crippen LogP contribution in [0.5, 0.6) is 0 Å². The lowest BCUT2D eigenvalue weighted by Gasteiger charge is -2.23. The maximum absolute atomic E-state index is 11.5. The minimum absolute atomic E-state index is 0.245. The fraction of sp³-hybridized carbons (Fsp3) is 0.385. The van der Waals surface area contributed by atoms with E-state index in [2.05, 4.69) is 20.8 Å². The lowest BCUT2D eigenvalue weighted by molar-refractivity contribution is -0.125. The van der Waals surface area contributed by atoms with Crippen LogP contribution in [0.3, 0.4) is 0 Å². The average molecular weight is 342 g/mol. The number of anilines is 1. The zero-order chi connectivity index (χ0) is 14.2. The molecule has 1 aromatic carbocycles. The molecule has 6 heteroatoms. The minimum atomic E-state index is -0.457. The molecule has 1 heterocycles. The molecule has 1 atom stereocenters. The van der Waals surface area contributed by atoms with Crippen LogP contribution in [0.4, 0.5) is 5.69 Å². The number of amides is 1. The number of nitrogens with two attached hydrogens (primary N) is 2. The summed E-state index contributed by atoms with van der Waals surface area (Å²) in [6.07, 6.45) is 0.770. The van der Waals surface area contributed by atoms with Gasteiger partial charge in [0, 0.05) is 23.1 Å². The number of hydrogen-bond donors (Lipinski definition) is 2. The zero-order valence-electron chi connectivity index (χ0n) is 10.6. The molecule has 0 radical (unpaired) electrons. The molecule has 1 aliphatic heterocycles. The molecule has 0 bridgehead atoms. The largest absolute Gasteiger partial charge is 0.389 e. The Bertz CT molecular complexity index is 549. The quantitative estimate of drug-likeness (QED) is 0.822. The number of hydrogen-bond acceptors (Lipinski definition) is 3. The van der Waals surface area contributed by atoms with E-state index < -0.39 is 5.41 Å². The number of carbonyl (C=O) groups is 1. The molecule has 1 amide bonds. The molecule has 1 fully saturated rings.